The Labute approximate surface area is 125 Å². The van der Waals surface area contributed by atoms with E-state index in [1.165, 1.54) is 0 Å². The highest BCUT2D eigenvalue weighted by Gasteiger charge is 2.39. The van der Waals surface area contributed by atoms with Gasteiger partial charge in [0.1, 0.15) is 0 Å². The van der Waals surface area contributed by atoms with E-state index < -0.39 is 5.97 Å². The Hall–Kier alpha value is -1.30. The van der Waals surface area contributed by atoms with Crippen LogP contribution in [0.4, 0.5) is 4.79 Å². The second kappa shape index (κ2) is 7.11. The average molecular weight is 298 g/mol. The van der Waals surface area contributed by atoms with E-state index in [1.807, 2.05) is 11.8 Å². The van der Waals surface area contributed by atoms with Gasteiger partial charge in [0.15, 0.2) is 0 Å². The molecule has 2 rings (SSSR count). The molecule has 1 saturated carbocycles. The molecule has 2 fully saturated rings. The highest BCUT2D eigenvalue weighted by atomic mass is 16.5. The lowest BCUT2D eigenvalue weighted by atomic mass is 9.66. The number of rotatable bonds is 6. The van der Waals surface area contributed by atoms with Gasteiger partial charge in [-0.2, -0.15) is 0 Å². The summed E-state index contributed by atoms with van der Waals surface area (Å²) in [7, 11) is 0. The minimum atomic E-state index is -0.776. The molecule has 1 saturated heterocycles. The van der Waals surface area contributed by atoms with E-state index in [-0.39, 0.29) is 24.0 Å². The molecule has 0 unspecified atom stereocenters. The Morgan fingerprint density at radius 1 is 1.33 bits per heavy atom. The summed E-state index contributed by atoms with van der Waals surface area (Å²) in [5, 5.41) is 11.9. The Balaban J connectivity index is 1.73. The maximum Gasteiger partial charge on any atom is 0.317 e. The molecule has 1 heterocycles. The normalized spacial score (nSPS) is 21.7. The van der Waals surface area contributed by atoms with Crippen LogP contribution in [-0.4, -0.2) is 54.4 Å². The molecule has 0 aromatic carbocycles. The number of ether oxygens (including phenoxy) is 1. The summed E-state index contributed by atoms with van der Waals surface area (Å²) in [6.07, 6.45) is 5.02. The molecule has 2 N–H and O–H groups in total. The summed E-state index contributed by atoms with van der Waals surface area (Å²) in [6.45, 7) is 4.60. The van der Waals surface area contributed by atoms with Gasteiger partial charge in [-0.3, -0.25) is 4.79 Å². The third-order valence-electron chi connectivity index (χ3n) is 4.69. The van der Waals surface area contributed by atoms with Gasteiger partial charge < -0.3 is 20.1 Å². The number of amides is 2. The molecule has 1 aliphatic heterocycles. The van der Waals surface area contributed by atoms with Crippen molar-refractivity contribution in [3.05, 3.63) is 0 Å². The van der Waals surface area contributed by atoms with Crippen molar-refractivity contribution in [1.29, 1.82) is 0 Å². The van der Waals surface area contributed by atoms with Gasteiger partial charge in [0.25, 0.3) is 0 Å². The quantitative estimate of drug-likeness (QED) is 0.784. The van der Waals surface area contributed by atoms with Crippen LogP contribution in [0.25, 0.3) is 0 Å². The van der Waals surface area contributed by atoms with E-state index in [4.69, 9.17) is 9.84 Å². The molecule has 6 heteroatoms. The molecule has 21 heavy (non-hydrogen) atoms. The Bertz CT molecular complexity index is 374. The number of urea groups is 1. The molecule has 120 valence electrons. The van der Waals surface area contributed by atoms with Gasteiger partial charge in [-0.1, -0.05) is 6.42 Å². The fraction of sp³-hybridized carbons (Fsp3) is 0.867. The monoisotopic (exact) mass is 298 g/mol. The predicted octanol–water partition coefficient (Wildman–Crippen LogP) is 1.84. The maximum absolute atomic E-state index is 12.2. The lowest BCUT2D eigenvalue weighted by Gasteiger charge is -2.41. The average Bonchev–Trinajstić information content (AvgIpc) is 2.42. The first-order valence-electron chi connectivity index (χ1n) is 7.91. The topological polar surface area (TPSA) is 78.9 Å². The minimum absolute atomic E-state index is 0.0680. The molecule has 0 radical (unpaired) electrons. The van der Waals surface area contributed by atoms with Crippen molar-refractivity contribution in [2.24, 2.45) is 5.41 Å². The fourth-order valence-corrected chi connectivity index (χ4v) is 3.25. The highest BCUT2D eigenvalue weighted by Crippen LogP contribution is 2.43. The summed E-state index contributed by atoms with van der Waals surface area (Å²) in [5.41, 5.74) is -0.217. The van der Waals surface area contributed by atoms with Crippen molar-refractivity contribution in [1.82, 2.24) is 10.2 Å². The van der Waals surface area contributed by atoms with Crippen LogP contribution in [0.15, 0.2) is 0 Å². The lowest BCUT2D eigenvalue weighted by molar-refractivity contribution is -0.141. The molecular weight excluding hydrogens is 272 g/mol. The number of carboxylic acid groups (broad SMARTS) is 1. The van der Waals surface area contributed by atoms with E-state index in [1.54, 1.807) is 0 Å². The summed E-state index contributed by atoms with van der Waals surface area (Å²) in [5.74, 6) is -0.776. The zero-order chi connectivity index (χ0) is 15.3. The molecule has 0 bridgehead atoms. The summed E-state index contributed by atoms with van der Waals surface area (Å²) < 4.78 is 5.57. The van der Waals surface area contributed by atoms with Gasteiger partial charge in [0.2, 0.25) is 0 Å². The van der Waals surface area contributed by atoms with Gasteiger partial charge in [0, 0.05) is 26.2 Å². The first-order valence-corrected chi connectivity index (χ1v) is 7.91. The van der Waals surface area contributed by atoms with Crippen LogP contribution in [0.2, 0.25) is 0 Å². The van der Waals surface area contributed by atoms with Crippen LogP contribution in [-0.2, 0) is 9.53 Å². The number of hydrogen-bond acceptors (Lipinski definition) is 3. The van der Waals surface area contributed by atoms with Gasteiger partial charge in [-0.15, -0.1) is 0 Å². The Morgan fingerprint density at radius 3 is 2.48 bits per heavy atom. The van der Waals surface area contributed by atoms with Crippen LogP contribution in [0, 0.1) is 5.41 Å². The molecule has 2 aliphatic rings. The zero-order valence-corrected chi connectivity index (χ0v) is 12.8. The van der Waals surface area contributed by atoms with Crippen molar-refractivity contribution in [2.75, 3.05) is 26.2 Å². The number of nitrogens with zero attached hydrogens (tertiary/aromatic N) is 1. The number of aliphatic carboxylic acids is 1. The Kier molecular flexibility index (Phi) is 5.45. The van der Waals surface area contributed by atoms with E-state index in [9.17, 15) is 9.59 Å². The summed E-state index contributed by atoms with van der Waals surface area (Å²) in [6, 6.07) is -0.0680. The number of carboxylic acids is 1. The van der Waals surface area contributed by atoms with Crippen molar-refractivity contribution in [3.63, 3.8) is 0 Å². The molecule has 2 amide bonds. The van der Waals surface area contributed by atoms with Crippen LogP contribution in [0.1, 0.15) is 45.4 Å². The number of carbonyl (C=O) groups excluding carboxylic acids is 1. The van der Waals surface area contributed by atoms with E-state index in [2.05, 4.69) is 5.32 Å². The van der Waals surface area contributed by atoms with Crippen molar-refractivity contribution < 1.29 is 19.4 Å². The molecule has 1 aliphatic carbocycles. The lowest BCUT2D eigenvalue weighted by Crippen LogP contribution is -2.50. The largest absolute Gasteiger partial charge is 0.481 e. The SMILES string of the molecule is CCOC1CCN(C(=O)NCC2(CC(=O)O)CCC2)CC1. The molecule has 0 aromatic rings. The van der Waals surface area contributed by atoms with Crippen molar-refractivity contribution in [3.8, 4) is 0 Å². The highest BCUT2D eigenvalue weighted by molar-refractivity contribution is 5.74. The summed E-state index contributed by atoms with van der Waals surface area (Å²) in [4.78, 5) is 24.9. The van der Waals surface area contributed by atoms with Crippen LogP contribution in [0.5, 0.6) is 0 Å². The summed E-state index contributed by atoms with van der Waals surface area (Å²) >= 11 is 0. The van der Waals surface area contributed by atoms with E-state index >= 15 is 0 Å². The number of nitrogens with one attached hydrogen (secondary N) is 1. The molecule has 0 spiro atoms. The first-order chi connectivity index (χ1) is 10.0. The Morgan fingerprint density at radius 2 is 2.00 bits per heavy atom. The molecule has 0 atom stereocenters. The molecule has 0 aromatic heterocycles. The number of likely N-dealkylation sites (tertiary alicyclic amines) is 1. The third kappa shape index (κ3) is 4.33. The second-order valence-corrected chi connectivity index (χ2v) is 6.22. The van der Waals surface area contributed by atoms with Crippen LogP contribution >= 0.6 is 0 Å². The number of hydrogen-bond donors (Lipinski definition) is 2. The van der Waals surface area contributed by atoms with Crippen LogP contribution < -0.4 is 5.32 Å². The van der Waals surface area contributed by atoms with Crippen molar-refractivity contribution >= 4 is 12.0 Å². The van der Waals surface area contributed by atoms with E-state index in [0.29, 0.717) is 26.2 Å². The van der Waals surface area contributed by atoms with Crippen molar-refractivity contribution in [2.45, 2.75) is 51.6 Å². The van der Waals surface area contributed by atoms with Gasteiger partial charge in [-0.25, -0.2) is 4.79 Å². The molecule has 6 nitrogen and oxygen atoms in total. The fourth-order valence-electron chi connectivity index (χ4n) is 3.25. The molecular formula is C15H26N2O4. The zero-order valence-electron chi connectivity index (χ0n) is 12.8. The van der Waals surface area contributed by atoms with Crippen LogP contribution in [0.3, 0.4) is 0 Å². The minimum Gasteiger partial charge on any atom is -0.481 e. The number of piperidine rings is 1. The predicted molar refractivity (Wildman–Crippen MR) is 78.2 cm³/mol. The standard InChI is InChI=1S/C15H26N2O4/c1-2-21-12-4-8-17(9-5-12)14(20)16-11-15(6-3-7-15)10-13(18)19/h12H,2-11H2,1H3,(H,16,20)(H,18,19). The maximum atomic E-state index is 12.2. The second-order valence-electron chi connectivity index (χ2n) is 6.22. The smallest absolute Gasteiger partial charge is 0.317 e. The number of carbonyl (C=O) groups is 2. The first kappa shape index (κ1) is 16.1. The third-order valence-corrected chi connectivity index (χ3v) is 4.69. The van der Waals surface area contributed by atoms with Gasteiger partial charge in [-0.05, 0) is 38.0 Å². The van der Waals surface area contributed by atoms with Gasteiger partial charge >= 0.3 is 12.0 Å². The van der Waals surface area contributed by atoms with E-state index in [0.717, 1.165) is 32.1 Å². The van der Waals surface area contributed by atoms with Gasteiger partial charge in [0.05, 0.1) is 12.5 Å².